The van der Waals surface area contributed by atoms with Crippen molar-refractivity contribution in [2.75, 3.05) is 17.7 Å². The number of hydrogen-bond acceptors (Lipinski definition) is 4. The van der Waals surface area contributed by atoms with Gasteiger partial charge >= 0.3 is 0 Å². The standard InChI is InChI=1S/C13H14Cl2N4/c1-3-8-12(16-2)17-7-18-13(8)19-11-9(14)5-4-6-10(11)15/h4-7H,3H2,1-2H3,(H2,16,17,18,19). The Balaban J connectivity index is 2.44. The summed E-state index contributed by atoms with van der Waals surface area (Å²) in [6.45, 7) is 2.04. The van der Waals surface area contributed by atoms with Crippen molar-refractivity contribution in [1.29, 1.82) is 0 Å². The van der Waals surface area contributed by atoms with Gasteiger partial charge in [-0.15, -0.1) is 0 Å². The minimum Gasteiger partial charge on any atom is -0.373 e. The van der Waals surface area contributed by atoms with Gasteiger partial charge in [0.2, 0.25) is 0 Å². The number of nitrogens with one attached hydrogen (secondary N) is 2. The molecule has 0 fully saturated rings. The first-order valence-electron chi connectivity index (χ1n) is 5.90. The molecule has 1 aromatic carbocycles. The van der Waals surface area contributed by atoms with E-state index < -0.39 is 0 Å². The zero-order chi connectivity index (χ0) is 13.8. The molecule has 100 valence electrons. The zero-order valence-electron chi connectivity index (χ0n) is 10.7. The minimum absolute atomic E-state index is 0.555. The Morgan fingerprint density at radius 1 is 1.11 bits per heavy atom. The first-order valence-corrected chi connectivity index (χ1v) is 6.65. The van der Waals surface area contributed by atoms with E-state index >= 15 is 0 Å². The number of rotatable bonds is 4. The summed E-state index contributed by atoms with van der Waals surface area (Å²) in [5.41, 5.74) is 1.64. The molecule has 0 unspecified atom stereocenters. The highest BCUT2D eigenvalue weighted by Gasteiger charge is 2.12. The van der Waals surface area contributed by atoms with Crippen molar-refractivity contribution >= 4 is 40.5 Å². The molecule has 2 aromatic rings. The molecular weight excluding hydrogens is 283 g/mol. The summed E-state index contributed by atoms with van der Waals surface area (Å²) < 4.78 is 0. The van der Waals surface area contributed by atoms with Gasteiger partial charge in [-0.25, -0.2) is 9.97 Å². The maximum absolute atomic E-state index is 6.14. The van der Waals surface area contributed by atoms with Gasteiger partial charge in [-0.2, -0.15) is 0 Å². The van der Waals surface area contributed by atoms with Crippen LogP contribution in [0.2, 0.25) is 10.0 Å². The maximum atomic E-state index is 6.14. The molecule has 2 rings (SSSR count). The van der Waals surface area contributed by atoms with Crippen molar-refractivity contribution in [3.63, 3.8) is 0 Å². The zero-order valence-corrected chi connectivity index (χ0v) is 12.2. The molecular formula is C13H14Cl2N4. The predicted molar refractivity (Wildman–Crippen MR) is 80.7 cm³/mol. The average Bonchev–Trinajstić information content (AvgIpc) is 2.42. The van der Waals surface area contributed by atoms with Crippen LogP contribution in [0.25, 0.3) is 0 Å². The van der Waals surface area contributed by atoms with Crippen molar-refractivity contribution in [1.82, 2.24) is 9.97 Å². The fourth-order valence-corrected chi connectivity index (χ4v) is 2.30. The summed E-state index contributed by atoms with van der Waals surface area (Å²) in [6.07, 6.45) is 2.29. The highest BCUT2D eigenvalue weighted by molar-refractivity contribution is 6.39. The Bertz CT molecular complexity index is 567. The number of anilines is 3. The lowest BCUT2D eigenvalue weighted by molar-refractivity contribution is 1.05. The first kappa shape index (κ1) is 13.9. The summed E-state index contributed by atoms with van der Waals surface area (Å²) in [6, 6.07) is 5.36. The van der Waals surface area contributed by atoms with Gasteiger partial charge in [-0.05, 0) is 18.6 Å². The second-order valence-corrected chi connectivity index (χ2v) is 4.69. The molecule has 6 heteroatoms. The normalized spacial score (nSPS) is 10.3. The molecule has 0 aliphatic rings. The average molecular weight is 297 g/mol. The third kappa shape index (κ3) is 2.91. The Hall–Kier alpha value is -1.52. The van der Waals surface area contributed by atoms with Crippen molar-refractivity contribution in [3.8, 4) is 0 Å². The summed E-state index contributed by atoms with van der Waals surface area (Å²) in [5, 5.41) is 7.33. The fraction of sp³-hybridized carbons (Fsp3) is 0.231. The monoisotopic (exact) mass is 296 g/mol. The van der Waals surface area contributed by atoms with Crippen LogP contribution < -0.4 is 10.6 Å². The van der Waals surface area contributed by atoms with Crippen molar-refractivity contribution < 1.29 is 0 Å². The lowest BCUT2D eigenvalue weighted by Crippen LogP contribution is -2.05. The van der Waals surface area contributed by atoms with Gasteiger partial charge in [0.25, 0.3) is 0 Å². The molecule has 0 saturated carbocycles. The molecule has 0 saturated heterocycles. The number of halogens is 2. The van der Waals surface area contributed by atoms with E-state index in [0.29, 0.717) is 21.6 Å². The van der Waals surface area contributed by atoms with Crippen LogP contribution in [0.15, 0.2) is 24.5 Å². The lowest BCUT2D eigenvalue weighted by Gasteiger charge is -2.14. The van der Waals surface area contributed by atoms with Crippen LogP contribution in [-0.2, 0) is 6.42 Å². The fourth-order valence-electron chi connectivity index (χ4n) is 1.81. The van der Waals surface area contributed by atoms with Crippen LogP contribution >= 0.6 is 23.2 Å². The van der Waals surface area contributed by atoms with Gasteiger partial charge in [-0.3, -0.25) is 0 Å². The molecule has 0 aliphatic heterocycles. The summed E-state index contributed by atoms with van der Waals surface area (Å²) in [7, 11) is 1.83. The molecule has 2 N–H and O–H groups in total. The van der Waals surface area contributed by atoms with Gasteiger partial charge < -0.3 is 10.6 Å². The number of para-hydroxylation sites is 1. The van der Waals surface area contributed by atoms with Crippen molar-refractivity contribution in [3.05, 3.63) is 40.1 Å². The third-order valence-corrected chi connectivity index (χ3v) is 3.37. The predicted octanol–water partition coefficient (Wildman–Crippen LogP) is 4.13. The largest absolute Gasteiger partial charge is 0.373 e. The van der Waals surface area contributed by atoms with E-state index in [-0.39, 0.29) is 0 Å². The Morgan fingerprint density at radius 3 is 2.32 bits per heavy atom. The Morgan fingerprint density at radius 2 is 1.74 bits per heavy atom. The molecule has 0 atom stereocenters. The van der Waals surface area contributed by atoms with Gasteiger partial charge in [0.05, 0.1) is 15.7 Å². The Labute approximate surface area is 122 Å². The molecule has 4 nitrogen and oxygen atoms in total. The minimum atomic E-state index is 0.555. The number of nitrogens with zero attached hydrogens (tertiary/aromatic N) is 2. The smallest absolute Gasteiger partial charge is 0.139 e. The SMILES string of the molecule is CCc1c(NC)ncnc1Nc1c(Cl)cccc1Cl. The van der Waals surface area contributed by atoms with Crippen LogP contribution in [0.5, 0.6) is 0 Å². The molecule has 0 amide bonds. The Kier molecular flexibility index (Phi) is 4.45. The van der Waals surface area contributed by atoms with E-state index in [4.69, 9.17) is 23.2 Å². The topological polar surface area (TPSA) is 49.8 Å². The van der Waals surface area contributed by atoms with E-state index in [0.717, 1.165) is 17.8 Å². The summed E-state index contributed by atoms with van der Waals surface area (Å²) >= 11 is 12.3. The second-order valence-electron chi connectivity index (χ2n) is 3.87. The van der Waals surface area contributed by atoms with E-state index in [9.17, 15) is 0 Å². The number of hydrogen-bond donors (Lipinski definition) is 2. The molecule has 1 aromatic heterocycles. The van der Waals surface area contributed by atoms with E-state index in [1.807, 2.05) is 14.0 Å². The highest BCUT2D eigenvalue weighted by atomic mass is 35.5. The molecule has 0 bridgehead atoms. The molecule has 19 heavy (non-hydrogen) atoms. The lowest BCUT2D eigenvalue weighted by atomic mass is 10.2. The van der Waals surface area contributed by atoms with Crippen LogP contribution in [0.4, 0.5) is 17.3 Å². The van der Waals surface area contributed by atoms with Crippen LogP contribution in [-0.4, -0.2) is 17.0 Å². The van der Waals surface area contributed by atoms with Crippen molar-refractivity contribution in [2.45, 2.75) is 13.3 Å². The molecule has 0 spiro atoms. The van der Waals surface area contributed by atoms with Gasteiger partial charge in [0, 0.05) is 12.6 Å². The summed E-state index contributed by atoms with van der Waals surface area (Å²) in [4.78, 5) is 8.44. The second kappa shape index (κ2) is 6.08. The maximum Gasteiger partial charge on any atom is 0.139 e. The van der Waals surface area contributed by atoms with E-state index in [2.05, 4.69) is 20.6 Å². The molecule has 0 radical (unpaired) electrons. The van der Waals surface area contributed by atoms with Gasteiger partial charge in [0.1, 0.15) is 18.0 Å². The number of aromatic nitrogens is 2. The van der Waals surface area contributed by atoms with Crippen LogP contribution in [0, 0.1) is 0 Å². The quantitative estimate of drug-likeness (QED) is 0.891. The summed E-state index contributed by atoms with van der Waals surface area (Å²) in [5.74, 6) is 1.50. The third-order valence-electron chi connectivity index (χ3n) is 2.74. The van der Waals surface area contributed by atoms with Gasteiger partial charge in [0.15, 0.2) is 0 Å². The number of benzene rings is 1. The van der Waals surface area contributed by atoms with E-state index in [1.165, 1.54) is 6.33 Å². The van der Waals surface area contributed by atoms with E-state index in [1.54, 1.807) is 18.2 Å². The first-order chi connectivity index (χ1) is 9.17. The molecule has 1 heterocycles. The van der Waals surface area contributed by atoms with Gasteiger partial charge in [-0.1, -0.05) is 36.2 Å². The van der Waals surface area contributed by atoms with Crippen LogP contribution in [0.3, 0.4) is 0 Å². The van der Waals surface area contributed by atoms with Crippen LogP contribution in [0.1, 0.15) is 12.5 Å². The highest BCUT2D eigenvalue weighted by Crippen LogP contribution is 2.33. The van der Waals surface area contributed by atoms with Crippen molar-refractivity contribution in [2.24, 2.45) is 0 Å². The molecule has 0 aliphatic carbocycles.